The number of thioether (sulfide) groups is 1. The minimum atomic E-state index is -0.757. The Balaban J connectivity index is 1.31. The number of ether oxygens (including phenoxy) is 3. The molecule has 2 saturated heterocycles. The Morgan fingerprint density at radius 3 is 2.62 bits per heavy atom. The molecule has 4 rings (SSSR count). The van der Waals surface area contributed by atoms with Gasteiger partial charge in [0.05, 0.1) is 17.6 Å². The zero-order valence-electron chi connectivity index (χ0n) is 17.1. The third kappa shape index (κ3) is 5.76. The fourth-order valence-corrected chi connectivity index (χ4v) is 3.94. The van der Waals surface area contributed by atoms with Crippen LogP contribution in [0.25, 0.3) is 6.08 Å². The highest BCUT2D eigenvalue weighted by Crippen LogP contribution is 2.26. The van der Waals surface area contributed by atoms with Gasteiger partial charge in [-0.05, 0) is 41.1 Å². The van der Waals surface area contributed by atoms with Crippen molar-refractivity contribution in [3.63, 3.8) is 0 Å². The maximum absolute atomic E-state index is 12.5. The summed E-state index contributed by atoms with van der Waals surface area (Å²) >= 11 is 0.871. The van der Waals surface area contributed by atoms with Crippen molar-refractivity contribution in [3.8, 4) is 5.75 Å². The quantitative estimate of drug-likeness (QED) is 0.486. The molecule has 0 aromatic heterocycles. The van der Waals surface area contributed by atoms with Gasteiger partial charge in [0.25, 0.3) is 11.1 Å². The molecule has 2 fully saturated rings. The number of hydrogen-bond acceptors (Lipinski definition) is 8. The number of hydrogen-bond donors (Lipinski definition) is 2. The number of rotatable bonds is 7. The molecule has 2 aromatic carbocycles. The Hall–Kier alpha value is -3.14. The second-order valence-corrected chi connectivity index (χ2v) is 8.19. The predicted octanol–water partition coefficient (Wildman–Crippen LogP) is 2.49. The summed E-state index contributed by atoms with van der Waals surface area (Å²) in [4.78, 5) is 35.8. The van der Waals surface area contributed by atoms with Gasteiger partial charge in [-0.25, -0.2) is 4.79 Å². The standard InChI is InChI=1S/C23H22N2O6S/c26-21-19(32-23(28)25-21)12-15-6-8-17(9-7-15)30-14-18-20(29-11-10-24-18)22(27)31-13-16-4-2-1-3-5-16/h1-9,12,18,20,24H,10-11,13-14H2,(H,25,26,28)/b19-12-/t18-,20-/m0/s1. The molecule has 2 aliphatic rings. The summed E-state index contributed by atoms with van der Waals surface area (Å²) in [5.41, 5.74) is 1.68. The van der Waals surface area contributed by atoms with E-state index in [0.717, 1.165) is 22.9 Å². The summed E-state index contributed by atoms with van der Waals surface area (Å²) in [5.74, 6) is -0.220. The second kappa shape index (κ2) is 10.4. The minimum Gasteiger partial charge on any atom is -0.492 e. The molecule has 2 amide bonds. The number of morpholine rings is 1. The molecule has 0 radical (unpaired) electrons. The van der Waals surface area contributed by atoms with Crippen LogP contribution in [-0.2, 0) is 25.7 Å². The molecule has 2 aromatic rings. The highest BCUT2D eigenvalue weighted by molar-refractivity contribution is 8.18. The Morgan fingerprint density at radius 1 is 1.12 bits per heavy atom. The summed E-state index contributed by atoms with van der Waals surface area (Å²) in [7, 11) is 0. The first-order valence-electron chi connectivity index (χ1n) is 10.1. The molecule has 2 heterocycles. The molecule has 32 heavy (non-hydrogen) atoms. The number of benzene rings is 2. The van der Waals surface area contributed by atoms with E-state index in [1.807, 2.05) is 30.3 Å². The number of nitrogens with one attached hydrogen (secondary N) is 2. The van der Waals surface area contributed by atoms with Crippen LogP contribution in [-0.4, -0.2) is 49.0 Å². The van der Waals surface area contributed by atoms with Crippen molar-refractivity contribution in [2.45, 2.75) is 18.8 Å². The summed E-state index contributed by atoms with van der Waals surface area (Å²) in [6.07, 6.45) is 0.885. The lowest BCUT2D eigenvalue weighted by molar-refractivity contribution is -0.164. The van der Waals surface area contributed by atoms with Crippen LogP contribution in [0.15, 0.2) is 59.5 Å². The van der Waals surface area contributed by atoms with Crippen molar-refractivity contribution in [1.29, 1.82) is 0 Å². The average Bonchev–Trinajstić information content (AvgIpc) is 3.14. The molecule has 8 nitrogen and oxygen atoms in total. The average molecular weight is 455 g/mol. The SMILES string of the molecule is O=C1NC(=O)/C(=C/c2ccc(OC[C@@H]3NCCO[C@@H]3C(=O)OCc3ccccc3)cc2)S1. The number of carbonyl (C=O) groups excluding carboxylic acids is 3. The van der Waals surface area contributed by atoms with E-state index < -0.39 is 18.0 Å². The van der Waals surface area contributed by atoms with E-state index in [9.17, 15) is 14.4 Å². The van der Waals surface area contributed by atoms with Crippen molar-refractivity contribution < 1.29 is 28.6 Å². The lowest BCUT2D eigenvalue weighted by Crippen LogP contribution is -2.55. The highest BCUT2D eigenvalue weighted by atomic mass is 32.2. The lowest BCUT2D eigenvalue weighted by Gasteiger charge is -2.31. The first kappa shape index (κ1) is 22.1. The second-order valence-electron chi connectivity index (χ2n) is 7.18. The normalized spacial score (nSPS) is 21.9. The van der Waals surface area contributed by atoms with Gasteiger partial charge >= 0.3 is 5.97 Å². The van der Waals surface area contributed by atoms with E-state index in [4.69, 9.17) is 14.2 Å². The summed E-state index contributed by atoms with van der Waals surface area (Å²) in [5, 5.41) is 5.10. The minimum absolute atomic E-state index is 0.186. The molecule has 166 valence electrons. The Morgan fingerprint density at radius 2 is 1.91 bits per heavy atom. The Kier molecular flexibility index (Phi) is 7.21. The smallest absolute Gasteiger partial charge is 0.337 e. The molecular formula is C23H22N2O6S. The van der Waals surface area contributed by atoms with E-state index in [-0.39, 0.29) is 24.5 Å². The molecule has 0 bridgehead atoms. The van der Waals surface area contributed by atoms with Crippen LogP contribution in [0.1, 0.15) is 11.1 Å². The first-order valence-corrected chi connectivity index (χ1v) is 10.9. The number of amides is 2. The Labute approximate surface area is 189 Å². The van der Waals surface area contributed by atoms with Gasteiger partial charge in [-0.3, -0.25) is 14.9 Å². The summed E-state index contributed by atoms with van der Waals surface area (Å²) in [6.45, 7) is 1.44. The molecule has 0 aliphatic carbocycles. The van der Waals surface area contributed by atoms with Gasteiger partial charge in [0, 0.05) is 6.54 Å². The fourth-order valence-electron chi connectivity index (χ4n) is 3.26. The number of carbonyl (C=O) groups is 3. The van der Waals surface area contributed by atoms with Crippen molar-refractivity contribution in [2.24, 2.45) is 0 Å². The van der Waals surface area contributed by atoms with Crippen LogP contribution < -0.4 is 15.4 Å². The maximum Gasteiger partial charge on any atom is 0.337 e. The molecular weight excluding hydrogens is 432 g/mol. The molecule has 0 spiro atoms. The number of esters is 1. The van der Waals surface area contributed by atoms with Gasteiger partial charge < -0.3 is 19.5 Å². The third-order valence-electron chi connectivity index (χ3n) is 4.88. The zero-order valence-corrected chi connectivity index (χ0v) is 17.9. The zero-order chi connectivity index (χ0) is 22.3. The van der Waals surface area contributed by atoms with Crippen molar-refractivity contribution in [2.75, 3.05) is 19.8 Å². The third-order valence-corrected chi connectivity index (χ3v) is 5.69. The van der Waals surface area contributed by atoms with Crippen LogP contribution in [0, 0.1) is 0 Å². The lowest BCUT2D eigenvalue weighted by atomic mass is 10.1. The van der Waals surface area contributed by atoms with Crippen LogP contribution in [0.5, 0.6) is 5.75 Å². The van der Waals surface area contributed by atoms with Gasteiger partial charge in [-0.1, -0.05) is 42.5 Å². The molecule has 2 aliphatic heterocycles. The predicted molar refractivity (Wildman–Crippen MR) is 119 cm³/mol. The van der Waals surface area contributed by atoms with Crippen molar-refractivity contribution >= 4 is 35.0 Å². The number of imide groups is 1. The topological polar surface area (TPSA) is 103 Å². The largest absolute Gasteiger partial charge is 0.492 e. The van der Waals surface area contributed by atoms with Gasteiger partial charge in [-0.15, -0.1) is 0 Å². The van der Waals surface area contributed by atoms with E-state index in [1.165, 1.54) is 0 Å². The van der Waals surface area contributed by atoms with E-state index >= 15 is 0 Å². The van der Waals surface area contributed by atoms with Crippen LogP contribution >= 0.6 is 11.8 Å². The fraction of sp³-hybridized carbons (Fsp3) is 0.261. The highest BCUT2D eigenvalue weighted by Gasteiger charge is 2.34. The van der Waals surface area contributed by atoms with Gasteiger partial charge in [0.15, 0.2) is 6.10 Å². The van der Waals surface area contributed by atoms with E-state index in [1.54, 1.807) is 30.3 Å². The molecule has 9 heteroatoms. The van der Waals surface area contributed by atoms with Crippen molar-refractivity contribution in [1.82, 2.24) is 10.6 Å². The van der Waals surface area contributed by atoms with Crippen LogP contribution in [0.2, 0.25) is 0 Å². The van der Waals surface area contributed by atoms with E-state index in [2.05, 4.69) is 10.6 Å². The monoisotopic (exact) mass is 454 g/mol. The molecule has 0 saturated carbocycles. The molecule has 0 unspecified atom stereocenters. The maximum atomic E-state index is 12.5. The summed E-state index contributed by atoms with van der Waals surface area (Å²) < 4.78 is 16.9. The van der Waals surface area contributed by atoms with Gasteiger partial charge in [0.1, 0.15) is 19.0 Å². The van der Waals surface area contributed by atoms with Crippen LogP contribution in [0.3, 0.4) is 0 Å². The van der Waals surface area contributed by atoms with Crippen molar-refractivity contribution in [3.05, 3.63) is 70.6 Å². The van der Waals surface area contributed by atoms with Gasteiger partial charge in [-0.2, -0.15) is 0 Å². The van der Waals surface area contributed by atoms with Crippen LogP contribution in [0.4, 0.5) is 4.79 Å². The Bertz CT molecular complexity index is 1010. The molecule has 2 N–H and O–H groups in total. The first-order chi connectivity index (χ1) is 15.6. The summed E-state index contributed by atoms with van der Waals surface area (Å²) in [6, 6.07) is 16.2. The molecule has 2 atom stereocenters. The van der Waals surface area contributed by atoms with Gasteiger partial charge in [0.2, 0.25) is 0 Å². The van der Waals surface area contributed by atoms with E-state index in [0.29, 0.717) is 23.8 Å².